The van der Waals surface area contributed by atoms with E-state index in [2.05, 4.69) is 11.4 Å². The van der Waals surface area contributed by atoms with Crippen molar-refractivity contribution in [3.05, 3.63) is 52.6 Å². The molecule has 1 heterocycles. The van der Waals surface area contributed by atoms with Gasteiger partial charge in [0.15, 0.2) is 17.6 Å². The average Bonchev–Trinajstić information content (AvgIpc) is 3.04. The van der Waals surface area contributed by atoms with Crippen molar-refractivity contribution in [2.45, 2.75) is 40.3 Å². The first-order chi connectivity index (χ1) is 11.9. The maximum Gasteiger partial charge on any atom is 0.261 e. The predicted molar refractivity (Wildman–Crippen MR) is 95.2 cm³/mol. The molecule has 5 nitrogen and oxygen atoms in total. The molecule has 2 aromatic rings. The lowest BCUT2D eigenvalue weighted by Crippen LogP contribution is -2.36. The lowest BCUT2D eigenvalue weighted by Gasteiger charge is -2.18. The lowest BCUT2D eigenvalue weighted by atomic mass is 10.1. The summed E-state index contributed by atoms with van der Waals surface area (Å²) in [6, 6.07) is 9.70. The molecule has 2 aromatic carbocycles. The molecule has 0 radical (unpaired) electrons. The monoisotopic (exact) mass is 341 g/mol. The number of nitrogens with one attached hydrogen (secondary N) is 1. The van der Waals surface area contributed by atoms with Gasteiger partial charge in [-0.3, -0.25) is 4.79 Å². The zero-order chi connectivity index (χ0) is 18.0. The number of fused-ring (bicyclic) bond motifs is 1. The quantitative estimate of drug-likeness (QED) is 0.905. The summed E-state index contributed by atoms with van der Waals surface area (Å²) in [6.07, 6.45) is -0.575. The van der Waals surface area contributed by atoms with Crippen molar-refractivity contribution in [3.8, 4) is 17.2 Å². The number of rotatable bonds is 5. The highest BCUT2D eigenvalue weighted by atomic mass is 16.7. The Morgan fingerprint density at radius 3 is 2.72 bits per heavy atom. The number of amides is 1. The number of carbonyl (C=O) groups is 1. The van der Waals surface area contributed by atoms with Crippen molar-refractivity contribution in [2.75, 3.05) is 6.79 Å². The van der Waals surface area contributed by atoms with Crippen LogP contribution in [0, 0.1) is 20.8 Å². The number of carbonyl (C=O) groups excluding carboxylic acids is 1. The maximum atomic E-state index is 12.3. The summed E-state index contributed by atoms with van der Waals surface area (Å²) >= 11 is 0. The van der Waals surface area contributed by atoms with Crippen molar-refractivity contribution in [3.63, 3.8) is 0 Å². The molecular formula is C20H23NO4. The summed E-state index contributed by atoms with van der Waals surface area (Å²) in [5.74, 6) is 2.04. The van der Waals surface area contributed by atoms with Crippen LogP contribution >= 0.6 is 0 Å². The molecule has 0 saturated heterocycles. The van der Waals surface area contributed by atoms with Gasteiger partial charge in [0.05, 0.1) is 0 Å². The molecule has 1 atom stereocenters. The second-order valence-electron chi connectivity index (χ2n) is 6.37. The normalized spacial score (nSPS) is 13.4. The number of hydrogen-bond donors (Lipinski definition) is 1. The van der Waals surface area contributed by atoms with E-state index in [9.17, 15) is 4.79 Å². The summed E-state index contributed by atoms with van der Waals surface area (Å²) in [4.78, 5) is 12.3. The molecular weight excluding hydrogens is 318 g/mol. The van der Waals surface area contributed by atoms with Gasteiger partial charge in [-0.25, -0.2) is 0 Å². The molecule has 0 fully saturated rings. The summed E-state index contributed by atoms with van der Waals surface area (Å²) in [6.45, 7) is 8.47. The fourth-order valence-corrected chi connectivity index (χ4v) is 2.75. The first-order valence-electron chi connectivity index (χ1n) is 8.35. The molecule has 0 bridgehead atoms. The lowest BCUT2D eigenvalue weighted by molar-refractivity contribution is -0.127. The van der Waals surface area contributed by atoms with Gasteiger partial charge in [-0.05, 0) is 68.1 Å². The van der Waals surface area contributed by atoms with Gasteiger partial charge in [-0.2, -0.15) is 0 Å². The fourth-order valence-electron chi connectivity index (χ4n) is 2.75. The molecule has 0 aromatic heterocycles. The van der Waals surface area contributed by atoms with E-state index in [0.29, 0.717) is 12.3 Å². The van der Waals surface area contributed by atoms with Crippen LogP contribution in [0.5, 0.6) is 17.2 Å². The van der Waals surface area contributed by atoms with Gasteiger partial charge in [0.2, 0.25) is 6.79 Å². The first-order valence-corrected chi connectivity index (χ1v) is 8.35. The number of aryl methyl sites for hydroxylation is 2. The van der Waals surface area contributed by atoms with E-state index in [4.69, 9.17) is 14.2 Å². The molecule has 1 N–H and O–H groups in total. The van der Waals surface area contributed by atoms with E-state index >= 15 is 0 Å². The van der Waals surface area contributed by atoms with Gasteiger partial charge in [-0.1, -0.05) is 12.1 Å². The summed E-state index contributed by atoms with van der Waals surface area (Å²) in [7, 11) is 0. The standard InChI is InChI=1S/C20H23NO4/c1-12-7-13(2)14(3)18(8-12)25-15(4)20(22)21-10-16-5-6-17-19(9-16)24-11-23-17/h5-9,15H,10-11H2,1-4H3,(H,21,22)/t15-/m0/s1. The van der Waals surface area contributed by atoms with Gasteiger partial charge < -0.3 is 19.5 Å². The number of ether oxygens (including phenoxy) is 3. The van der Waals surface area contributed by atoms with Crippen LogP contribution in [0.3, 0.4) is 0 Å². The summed E-state index contributed by atoms with van der Waals surface area (Å²) in [5, 5.41) is 2.90. The molecule has 3 rings (SSSR count). The number of hydrogen-bond acceptors (Lipinski definition) is 4. The van der Waals surface area contributed by atoms with Crippen molar-refractivity contribution in [2.24, 2.45) is 0 Å². The highest BCUT2D eigenvalue weighted by Gasteiger charge is 2.17. The molecule has 5 heteroatoms. The van der Waals surface area contributed by atoms with E-state index in [-0.39, 0.29) is 12.7 Å². The molecule has 1 aliphatic heterocycles. The Bertz CT molecular complexity index is 801. The third kappa shape index (κ3) is 3.87. The van der Waals surface area contributed by atoms with Crippen LogP contribution in [0.4, 0.5) is 0 Å². The zero-order valence-corrected chi connectivity index (χ0v) is 15.0. The number of benzene rings is 2. The van der Waals surface area contributed by atoms with E-state index < -0.39 is 6.10 Å². The predicted octanol–water partition coefficient (Wildman–Crippen LogP) is 3.42. The molecule has 25 heavy (non-hydrogen) atoms. The fraction of sp³-hybridized carbons (Fsp3) is 0.350. The highest BCUT2D eigenvalue weighted by molar-refractivity contribution is 5.80. The molecule has 0 aliphatic carbocycles. The van der Waals surface area contributed by atoms with Crippen LogP contribution < -0.4 is 19.5 Å². The van der Waals surface area contributed by atoms with Gasteiger partial charge in [0.25, 0.3) is 5.91 Å². The molecule has 132 valence electrons. The van der Waals surface area contributed by atoms with Gasteiger partial charge in [-0.15, -0.1) is 0 Å². The largest absolute Gasteiger partial charge is 0.481 e. The molecule has 1 amide bonds. The molecule has 0 spiro atoms. The first kappa shape index (κ1) is 17.1. The van der Waals surface area contributed by atoms with E-state index in [1.807, 2.05) is 45.0 Å². The van der Waals surface area contributed by atoms with Gasteiger partial charge in [0, 0.05) is 6.54 Å². The van der Waals surface area contributed by atoms with Crippen LogP contribution in [0.2, 0.25) is 0 Å². The third-order valence-corrected chi connectivity index (χ3v) is 4.34. The molecule has 0 saturated carbocycles. The second-order valence-corrected chi connectivity index (χ2v) is 6.37. The van der Waals surface area contributed by atoms with Crippen LogP contribution in [-0.4, -0.2) is 18.8 Å². The molecule has 0 unspecified atom stereocenters. The Kier molecular flexibility index (Phi) is 4.83. The Morgan fingerprint density at radius 1 is 1.16 bits per heavy atom. The third-order valence-electron chi connectivity index (χ3n) is 4.34. The highest BCUT2D eigenvalue weighted by Crippen LogP contribution is 2.32. The maximum absolute atomic E-state index is 12.3. The van der Waals surface area contributed by atoms with Crippen LogP contribution in [0.15, 0.2) is 30.3 Å². The van der Waals surface area contributed by atoms with E-state index in [0.717, 1.165) is 33.8 Å². The minimum Gasteiger partial charge on any atom is -0.481 e. The summed E-state index contributed by atoms with van der Waals surface area (Å²) in [5.41, 5.74) is 4.28. The van der Waals surface area contributed by atoms with E-state index in [1.165, 1.54) is 0 Å². The Morgan fingerprint density at radius 2 is 1.92 bits per heavy atom. The smallest absolute Gasteiger partial charge is 0.261 e. The topological polar surface area (TPSA) is 56.8 Å². The minimum atomic E-state index is -0.575. The van der Waals surface area contributed by atoms with Crippen molar-refractivity contribution in [1.82, 2.24) is 5.32 Å². The Balaban J connectivity index is 1.60. The SMILES string of the molecule is Cc1cc(C)c(C)c(O[C@@H](C)C(=O)NCc2ccc3c(c2)OCO3)c1. The van der Waals surface area contributed by atoms with Crippen LogP contribution in [-0.2, 0) is 11.3 Å². The van der Waals surface area contributed by atoms with Crippen molar-refractivity contribution < 1.29 is 19.0 Å². The second kappa shape index (κ2) is 7.05. The minimum absolute atomic E-state index is 0.156. The van der Waals surface area contributed by atoms with Gasteiger partial charge >= 0.3 is 0 Å². The van der Waals surface area contributed by atoms with E-state index in [1.54, 1.807) is 6.92 Å². The Hall–Kier alpha value is -2.69. The van der Waals surface area contributed by atoms with Crippen molar-refractivity contribution in [1.29, 1.82) is 0 Å². The van der Waals surface area contributed by atoms with Crippen LogP contribution in [0.1, 0.15) is 29.2 Å². The summed E-state index contributed by atoms with van der Waals surface area (Å²) < 4.78 is 16.5. The van der Waals surface area contributed by atoms with Gasteiger partial charge in [0.1, 0.15) is 5.75 Å². The Labute approximate surface area is 147 Å². The average molecular weight is 341 g/mol. The molecule has 1 aliphatic rings. The van der Waals surface area contributed by atoms with Crippen LogP contribution in [0.25, 0.3) is 0 Å². The zero-order valence-electron chi connectivity index (χ0n) is 15.0. The van der Waals surface area contributed by atoms with Crippen molar-refractivity contribution >= 4 is 5.91 Å².